The normalized spacial score (nSPS) is 9.71. The number of nitrogens with one attached hydrogen (secondary N) is 1. The molecule has 0 unspecified atom stereocenters. The maximum absolute atomic E-state index is 8.89. The minimum Gasteiger partial charge on any atom is -0.385 e. The average molecular weight is 227 g/mol. The molecular weight excluding hydrogens is 210 g/mol. The van der Waals surface area contributed by atoms with Crippen molar-refractivity contribution in [3.8, 4) is 12.1 Å². The van der Waals surface area contributed by atoms with E-state index >= 15 is 0 Å². The Morgan fingerprint density at radius 1 is 1.18 bits per heavy atom. The lowest BCUT2D eigenvalue weighted by atomic mass is 10.1. The summed E-state index contributed by atoms with van der Waals surface area (Å²) < 4.78 is 0. The van der Waals surface area contributed by atoms with Gasteiger partial charge in [0.25, 0.3) is 0 Å². The summed E-state index contributed by atoms with van der Waals surface area (Å²) in [6.45, 7) is 5.31. The van der Waals surface area contributed by atoms with Crippen LogP contribution >= 0.6 is 0 Å². The first kappa shape index (κ1) is 13.1. The van der Waals surface area contributed by atoms with Crippen LogP contribution in [0, 0.1) is 28.6 Å². The van der Waals surface area contributed by atoms with Crippen LogP contribution in [0.25, 0.3) is 0 Å². The van der Waals surface area contributed by atoms with Crippen LogP contribution in [0.3, 0.4) is 0 Å². The van der Waals surface area contributed by atoms with Crippen molar-refractivity contribution in [3.05, 3.63) is 29.3 Å². The number of benzene rings is 1. The SMILES string of the molecule is CC(C)CCCNc1ccc(C#N)c(C#N)c1. The zero-order valence-electron chi connectivity index (χ0n) is 10.3. The molecule has 3 nitrogen and oxygen atoms in total. The van der Waals surface area contributed by atoms with Crippen molar-refractivity contribution in [1.29, 1.82) is 10.5 Å². The zero-order chi connectivity index (χ0) is 12.7. The lowest BCUT2D eigenvalue weighted by Gasteiger charge is -2.08. The fraction of sp³-hybridized carbons (Fsp3) is 0.429. The molecule has 0 heterocycles. The third-order valence-corrected chi connectivity index (χ3v) is 2.55. The van der Waals surface area contributed by atoms with Crippen molar-refractivity contribution >= 4 is 5.69 Å². The van der Waals surface area contributed by atoms with Gasteiger partial charge in [-0.3, -0.25) is 0 Å². The van der Waals surface area contributed by atoms with E-state index in [9.17, 15) is 0 Å². The van der Waals surface area contributed by atoms with Gasteiger partial charge in [0, 0.05) is 12.2 Å². The van der Waals surface area contributed by atoms with E-state index in [2.05, 4.69) is 19.2 Å². The summed E-state index contributed by atoms with van der Waals surface area (Å²) in [5.41, 5.74) is 1.77. The molecule has 0 amide bonds. The first-order chi connectivity index (χ1) is 8.17. The van der Waals surface area contributed by atoms with E-state index in [1.54, 1.807) is 12.1 Å². The molecular formula is C14H17N3. The Bertz CT molecular complexity index is 450. The highest BCUT2D eigenvalue weighted by Gasteiger charge is 2.02. The van der Waals surface area contributed by atoms with E-state index in [-0.39, 0.29) is 0 Å². The minimum absolute atomic E-state index is 0.431. The van der Waals surface area contributed by atoms with Crippen LogP contribution in [0.4, 0.5) is 5.69 Å². The van der Waals surface area contributed by atoms with Crippen LogP contribution in [0.1, 0.15) is 37.8 Å². The van der Waals surface area contributed by atoms with Crippen molar-refractivity contribution in [3.63, 3.8) is 0 Å². The molecule has 0 aliphatic heterocycles. The van der Waals surface area contributed by atoms with Crippen LogP contribution in [-0.4, -0.2) is 6.54 Å². The van der Waals surface area contributed by atoms with Gasteiger partial charge in [-0.2, -0.15) is 10.5 Å². The fourth-order valence-corrected chi connectivity index (χ4v) is 1.59. The quantitative estimate of drug-likeness (QED) is 0.785. The van der Waals surface area contributed by atoms with Gasteiger partial charge in [0.2, 0.25) is 0 Å². The molecule has 3 heteroatoms. The van der Waals surface area contributed by atoms with Crippen molar-refractivity contribution < 1.29 is 0 Å². The van der Waals surface area contributed by atoms with Crippen molar-refractivity contribution in [2.45, 2.75) is 26.7 Å². The molecule has 0 aliphatic rings. The number of nitriles is 2. The number of anilines is 1. The standard InChI is InChI=1S/C14H17N3/c1-11(2)4-3-7-17-14-6-5-12(9-15)13(8-14)10-16/h5-6,8,11,17H,3-4,7H2,1-2H3. The Morgan fingerprint density at radius 2 is 1.88 bits per heavy atom. The first-order valence-electron chi connectivity index (χ1n) is 5.85. The maximum atomic E-state index is 8.89. The first-order valence-corrected chi connectivity index (χ1v) is 5.85. The average Bonchev–Trinajstić information content (AvgIpc) is 2.34. The van der Waals surface area contributed by atoms with Gasteiger partial charge in [-0.1, -0.05) is 13.8 Å². The molecule has 0 atom stereocenters. The van der Waals surface area contributed by atoms with E-state index in [4.69, 9.17) is 10.5 Å². The molecule has 0 fully saturated rings. The monoisotopic (exact) mass is 227 g/mol. The van der Waals surface area contributed by atoms with Gasteiger partial charge >= 0.3 is 0 Å². The summed E-state index contributed by atoms with van der Waals surface area (Å²) in [6.07, 6.45) is 2.30. The second kappa shape index (κ2) is 6.55. The zero-order valence-corrected chi connectivity index (χ0v) is 10.3. The highest BCUT2D eigenvalue weighted by Crippen LogP contribution is 2.15. The Labute approximate surface area is 103 Å². The van der Waals surface area contributed by atoms with E-state index < -0.39 is 0 Å². The molecule has 0 radical (unpaired) electrons. The number of nitrogens with zero attached hydrogens (tertiary/aromatic N) is 2. The van der Waals surface area contributed by atoms with Gasteiger partial charge in [0.1, 0.15) is 12.1 Å². The van der Waals surface area contributed by atoms with Gasteiger partial charge < -0.3 is 5.32 Å². The largest absolute Gasteiger partial charge is 0.385 e. The minimum atomic E-state index is 0.431. The Kier molecular flexibility index (Phi) is 5.04. The Hall–Kier alpha value is -2.00. The molecule has 0 saturated carbocycles. The highest BCUT2D eigenvalue weighted by molar-refractivity contribution is 5.56. The summed E-state index contributed by atoms with van der Waals surface area (Å²) in [7, 11) is 0. The number of rotatable bonds is 5. The number of hydrogen-bond acceptors (Lipinski definition) is 3. The summed E-state index contributed by atoms with van der Waals surface area (Å²) in [5.74, 6) is 0.715. The van der Waals surface area contributed by atoms with Crippen LogP contribution in [-0.2, 0) is 0 Å². The topological polar surface area (TPSA) is 59.6 Å². The third kappa shape index (κ3) is 4.17. The van der Waals surface area contributed by atoms with Gasteiger partial charge in [-0.25, -0.2) is 0 Å². The predicted molar refractivity (Wildman–Crippen MR) is 68.4 cm³/mol. The van der Waals surface area contributed by atoms with Gasteiger partial charge in [-0.15, -0.1) is 0 Å². The van der Waals surface area contributed by atoms with Gasteiger partial charge in [0.05, 0.1) is 11.1 Å². The van der Waals surface area contributed by atoms with Crippen LogP contribution in [0.15, 0.2) is 18.2 Å². The Balaban J connectivity index is 2.56. The van der Waals surface area contributed by atoms with Crippen molar-refractivity contribution in [1.82, 2.24) is 0 Å². The maximum Gasteiger partial charge on any atom is 0.101 e. The van der Waals surface area contributed by atoms with Crippen LogP contribution < -0.4 is 5.32 Å². The lowest BCUT2D eigenvalue weighted by Crippen LogP contribution is -2.03. The smallest absolute Gasteiger partial charge is 0.101 e. The number of hydrogen-bond donors (Lipinski definition) is 1. The van der Waals surface area contributed by atoms with Crippen molar-refractivity contribution in [2.24, 2.45) is 5.92 Å². The van der Waals surface area contributed by atoms with E-state index in [0.29, 0.717) is 17.0 Å². The Morgan fingerprint density at radius 3 is 2.47 bits per heavy atom. The van der Waals surface area contributed by atoms with Crippen LogP contribution in [0.5, 0.6) is 0 Å². The van der Waals surface area contributed by atoms with E-state index in [0.717, 1.165) is 18.7 Å². The second-order valence-corrected chi connectivity index (χ2v) is 4.45. The molecule has 0 bridgehead atoms. The van der Waals surface area contributed by atoms with Gasteiger partial charge in [0.15, 0.2) is 0 Å². The molecule has 17 heavy (non-hydrogen) atoms. The fourth-order valence-electron chi connectivity index (χ4n) is 1.59. The molecule has 0 aromatic heterocycles. The highest BCUT2D eigenvalue weighted by atomic mass is 14.9. The van der Waals surface area contributed by atoms with Crippen molar-refractivity contribution in [2.75, 3.05) is 11.9 Å². The molecule has 1 aromatic rings. The molecule has 1 N–H and O–H groups in total. The van der Waals surface area contributed by atoms with Crippen LogP contribution in [0.2, 0.25) is 0 Å². The third-order valence-electron chi connectivity index (χ3n) is 2.55. The van der Waals surface area contributed by atoms with Gasteiger partial charge in [-0.05, 0) is 37.0 Å². The summed E-state index contributed by atoms with van der Waals surface area (Å²) >= 11 is 0. The summed E-state index contributed by atoms with van der Waals surface area (Å²) in [4.78, 5) is 0. The molecule has 0 saturated heterocycles. The second-order valence-electron chi connectivity index (χ2n) is 4.45. The lowest BCUT2D eigenvalue weighted by molar-refractivity contribution is 0.567. The van der Waals surface area contributed by atoms with E-state index in [1.165, 1.54) is 6.42 Å². The molecule has 0 spiro atoms. The van der Waals surface area contributed by atoms with E-state index in [1.807, 2.05) is 18.2 Å². The molecule has 88 valence electrons. The molecule has 1 aromatic carbocycles. The summed E-state index contributed by atoms with van der Waals surface area (Å²) in [6, 6.07) is 9.29. The molecule has 0 aliphatic carbocycles. The predicted octanol–water partition coefficient (Wildman–Crippen LogP) is 3.28. The molecule has 1 rings (SSSR count). The summed E-state index contributed by atoms with van der Waals surface area (Å²) in [5, 5.41) is 20.9.